The van der Waals surface area contributed by atoms with Crippen molar-refractivity contribution in [1.82, 2.24) is 29.5 Å². The van der Waals surface area contributed by atoms with Crippen molar-refractivity contribution in [1.29, 1.82) is 0 Å². The molecule has 8 nitrogen and oxygen atoms in total. The van der Waals surface area contributed by atoms with Crippen LogP contribution in [-0.2, 0) is 33.0 Å². The van der Waals surface area contributed by atoms with E-state index in [4.69, 9.17) is 5.10 Å². The summed E-state index contributed by atoms with van der Waals surface area (Å²) in [6.45, 7) is 6.89. The minimum atomic E-state index is -0.0124. The topological polar surface area (TPSA) is 75.4 Å². The number of carbonyl (C=O) groups is 2. The summed E-state index contributed by atoms with van der Waals surface area (Å²) in [7, 11) is 4.15. The van der Waals surface area contributed by atoms with Gasteiger partial charge in [-0.05, 0) is 73.6 Å². The second kappa shape index (κ2) is 9.90. The first-order valence-corrected chi connectivity index (χ1v) is 15.8. The van der Waals surface area contributed by atoms with Crippen LogP contribution < -0.4 is 5.32 Å². The molecule has 42 heavy (non-hydrogen) atoms. The van der Waals surface area contributed by atoms with E-state index in [2.05, 4.69) is 45.1 Å². The third kappa shape index (κ3) is 3.98. The van der Waals surface area contributed by atoms with Gasteiger partial charge in [0, 0.05) is 85.5 Å². The first kappa shape index (κ1) is 25.9. The molecule has 214 valence electrons. The summed E-state index contributed by atoms with van der Waals surface area (Å²) in [4.78, 5) is 32.6. The number of benzene rings is 2. The van der Waals surface area contributed by atoms with Gasteiger partial charge in [-0.3, -0.25) is 14.3 Å². The van der Waals surface area contributed by atoms with E-state index in [1.54, 1.807) is 0 Å². The zero-order valence-corrected chi connectivity index (χ0v) is 24.9. The smallest absolute Gasteiger partial charge is 0.252 e. The van der Waals surface area contributed by atoms with Gasteiger partial charge in [0.15, 0.2) is 0 Å². The van der Waals surface area contributed by atoms with Crippen LogP contribution in [0.25, 0.3) is 32.9 Å². The number of aryl methyl sites for hydroxylation is 4. The lowest BCUT2D eigenvalue weighted by molar-refractivity contribution is 0.0965. The summed E-state index contributed by atoms with van der Waals surface area (Å²) < 4.78 is 4.36. The average molecular weight is 579 g/mol. The van der Waals surface area contributed by atoms with Gasteiger partial charge in [0.2, 0.25) is 5.78 Å². The van der Waals surface area contributed by atoms with Crippen LogP contribution >= 0.6 is 11.3 Å². The van der Waals surface area contributed by atoms with Crippen molar-refractivity contribution in [3.05, 3.63) is 74.7 Å². The number of nitrogens with one attached hydrogen (secondary N) is 1. The van der Waals surface area contributed by atoms with Crippen LogP contribution in [0.15, 0.2) is 41.9 Å². The zero-order chi connectivity index (χ0) is 28.5. The van der Waals surface area contributed by atoms with Gasteiger partial charge < -0.3 is 19.7 Å². The van der Waals surface area contributed by atoms with Crippen molar-refractivity contribution >= 4 is 44.8 Å². The summed E-state index contributed by atoms with van der Waals surface area (Å²) in [5.74, 6) is 0.0355. The predicted octanol–water partition coefficient (Wildman–Crippen LogP) is 4.47. The molecule has 8 rings (SSSR count). The molecule has 0 atom stereocenters. The summed E-state index contributed by atoms with van der Waals surface area (Å²) in [6.07, 6.45) is 4.80. The van der Waals surface area contributed by atoms with E-state index in [0.29, 0.717) is 12.1 Å². The zero-order valence-electron chi connectivity index (χ0n) is 24.1. The van der Waals surface area contributed by atoms with Gasteiger partial charge in [-0.25, -0.2) is 0 Å². The van der Waals surface area contributed by atoms with Crippen molar-refractivity contribution in [3.8, 4) is 11.1 Å². The first-order valence-electron chi connectivity index (χ1n) is 14.9. The molecule has 0 saturated carbocycles. The average Bonchev–Trinajstić information content (AvgIpc) is 3.79. The lowest BCUT2D eigenvalue weighted by atomic mass is 9.82. The Kier molecular flexibility index (Phi) is 6.10. The van der Waals surface area contributed by atoms with Crippen molar-refractivity contribution in [2.45, 2.75) is 32.4 Å². The molecule has 3 aromatic heterocycles. The van der Waals surface area contributed by atoms with Crippen LogP contribution in [0, 0.1) is 0 Å². The minimum Gasteiger partial charge on any atom is -0.348 e. The van der Waals surface area contributed by atoms with Gasteiger partial charge in [0.1, 0.15) is 0 Å². The Balaban J connectivity index is 1.33. The fourth-order valence-corrected chi connectivity index (χ4v) is 8.05. The number of likely N-dealkylation sites (N-methyl/N-ethyl adjacent to an activating group) is 1. The number of fused-ring (bicyclic) bond motifs is 10. The van der Waals surface area contributed by atoms with Crippen molar-refractivity contribution in [3.63, 3.8) is 0 Å². The number of hydrogen-bond donors (Lipinski definition) is 1. The number of amides is 1. The number of hydrogen-bond acceptors (Lipinski definition) is 6. The third-order valence-corrected chi connectivity index (χ3v) is 10.3. The molecule has 0 bridgehead atoms. The number of piperazine rings is 1. The second-order valence-corrected chi connectivity index (χ2v) is 12.9. The predicted molar refractivity (Wildman–Crippen MR) is 167 cm³/mol. The van der Waals surface area contributed by atoms with E-state index in [1.807, 2.05) is 35.3 Å². The van der Waals surface area contributed by atoms with E-state index in [-0.39, 0.29) is 11.7 Å². The van der Waals surface area contributed by atoms with Crippen LogP contribution in [0.1, 0.15) is 48.8 Å². The van der Waals surface area contributed by atoms with Crippen LogP contribution in [0.2, 0.25) is 0 Å². The maximum Gasteiger partial charge on any atom is 0.252 e. The Labute approximate surface area is 248 Å². The van der Waals surface area contributed by atoms with Crippen LogP contribution in [0.3, 0.4) is 0 Å². The normalized spacial score (nSPS) is 17.0. The molecule has 9 heteroatoms. The quantitative estimate of drug-likeness (QED) is 0.301. The Morgan fingerprint density at radius 1 is 1.02 bits per heavy atom. The number of carbonyl (C=O) groups excluding carboxylic acids is 2. The van der Waals surface area contributed by atoms with Gasteiger partial charge in [-0.1, -0.05) is 6.07 Å². The Morgan fingerprint density at radius 2 is 1.88 bits per heavy atom. The molecule has 3 aliphatic rings. The first-order chi connectivity index (χ1) is 20.5. The molecule has 1 fully saturated rings. The van der Waals surface area contributed by atoms with Crippen molar-refractivity contribution < 1.29 is 9.59 Å². The highest BCUT2D eigenvalue weighted by Crippen LogP contribution is 2.47. The molecule has 2 aromatic carbocycles. The molecular formula is C33H34N6O2S. The number of thiophene rings is 1. The number of nitrogens with zero attached hydrogens (tertiary/aromatic N) is 5. The van der Waals surface area contributed by atoms with Gasteiger partial charge in [0.05, 0.1) is 21.7 Å². The fourth-order valence-electron chi connectivity index (χ4n) is 7.36. The van der Waals surface area contributed by atoms with Crippen molar-refractivity contribution in [2.75, 3.05) is 39.8 Å². The molecular weight excluding hydrogens is 544 g/mol. The largest absolute Gasteiger partial charge is 0.348 e. The van der Waals surface area contributed by atoms with E-state index in [0.717, 1.165) is 108 Å². The molecule has 1 saturated heterocycles. The Hall–Kier alpha value is -3.79. The number of rotatable bonds is 6. The molecule has 0 unspecified atom stereocenters. The molecule has 5 aromatic rings. The van der Waals surface area contributed by atoms with Crippen molar-refractivity contribution in [2.24, 2.45) is 7.05 Å². The highest BCUT2D eigenvalue weighted by molar-refractivity contribution is 7.12. The fraction of sp³-hybridized carbons (Fsp3) is 0.364. The summed E-state index contributed by atoms with van der Waals surface area (Å²) in [6, 6.07) is 10.0. The molecule has 0 spiro atoms. The SMILES string of the molecule is CN1CCN(CCCn2c3ccc(C(=O)c4cccs4)cc3c3c4c(c5c(c32)CCc2nn(C)cc2-5)C(=O)NC4)CC1. The maximum absolute atomic E-state index is 13.4. The molecule has 1 N–H and O–H groups in total. The standard InChI is InChI=1S/C33H34N6O2S/c1-36-12-14-38(15-13-36)10-4-11-39-26-9-6-20(32(40)27-5-3-16-42-27)17-22(26)29-23-18-34-33(41)30(23)28-21(31(29)39)7-8-25-24(28)19-37(2)35-25/h3,5-6,9,16-17,19H,4,7-8,10-15,18H2,1-2H3,(H,34,41). The molecule has 5 heterocycles. The number of aromatic nitrogens is 3. The minimum absolute atomic E-state index is 0.0124. The molecule has 1 amide bonds. The monoisotopic (exact) mass is 578 g/mol. The molecule has 2 aliphatic heterocycles. The van der Waals surface area contributed by atoms with E-state index in [9.17, 15) is 9.59 Å². The lowest BCUT2D eigenvalue weighted by Gasteiger charge is -2.32. The highest BCUT2D eigenvalue weighted by Gasteiger charge is 2.35. The summed E-state index contributed by atoms with van der Waals surface area (Å²) in [5, 5.41) is 12.0. The summed E-state index contributed by atoms with van der Waals surface area (Å²) in [5.41, 5.74) is 9.33. The van der Waals surface area contributed by atoms with Crippen LogP contribution in [0.5, 0.6) is 0 Å². The van der Waals surface area contributed by atoms with Crippen LogP contribution in [-0.4, -0.2) is 75.6 Å². The summed E-state index contributed by atoms with van der Waals surface area (Å²) >= 11 is 1.47. The van der Waals surface area contributed by atoms with Gasteiger partial charge >= 0.3 is 0 Å². The second-order valence-electron chi connectivity index (χ2n) is 12.0. The Morgan fingerprint density at radius 3 is 2.69 bits per heavy atom. The highest BCUT2D eigenvalue weighted by atomic mass is 32.1. The molecule has 1 aliphatic carbocycles. The van der Waals surface area contributed by atoms with E-state index >= 15 is 0 Å². The van der Waals surface area contributed by atoms with E-state index in [1.165, 1.54) is 22.4 Å². The molecule has 0 radical (unpaired) electrons. The number of ketones is 1. The van der Waals surface area contributed by atoms with Crippen LogP contribution in [0.4, 0.5) is 0 Å². The van der Waals surface area contributed by atoms with Gasteiger partial charge in [-0.2, -0.15) is 5.10 Å². The lowest BCUT2D eigenvalue weighted by Crippen LogP contribution is -2.44. The van der Waals surface area contributed by atoms with E-state index < -0.39 is 0 Å². The van der Waals surface area contributed by atoms with Gasteiger partial charge in [-0.15, -0.1) is 11.3 Å². The Bertz CT molecular complexity index is 1890. The van der Waals surface area contributed by atoms with Gasteiger partial charge in [0.25, 0.3) is 5.91 Å². The third-order valence-electron chi connectivity index (χ3n) is 9.40. The maximum atomic E-state index is 13.4.